The molecule has 0 aromatic carbocycles. The summed E-state index contributed by atoms with van der Waals surface area (Å²) in [5, 5.41) is 5.14. The number of aromatic nitrogens is 1. The number of nitrogens with zero attached hydrogens (tertiary/aromatic N) is 2. The molecule has 0 fully saturated rings. The predicted octanol–water partition coefficient (Wildman–Crippen LogP) is 3.00. The van der Waals surface area contributed by atoms with E-state index in [0.717, 1.165) is 4.88 Å². The number of thiophene rings is 1. The van der Waals surface area contributed by atoms with E-state index < -0.39 is 0 Å². The quantitative estimate of drug-likeness (QED) is 0.920. The van der Waals surface area contributed by atoms with Crippen LogP contribution in [0.15, 0.2) is 23.7 Å². The minimum atomic E-state index is -0.233. The zero-order chi connectivity index (χ0) is 15.4. The van der Waals surface area contributed by atoms with E-state index >= 15 is 0 Å². The molecule has 1 N–H and O–H groups in total. The van der Waals surface area contributed by atoms with Gasteiger partial charge in [0.25, 0.3) is 5.91 Å². The molecule has 0 saturated heterocycles. The van der Waals surface area contributed by atoms with Crippen LogP contribution in [0.25, 0.3) is 0 Å². The van der Waals surface area contributed by atoms with Gasteiger partial charge < -0.3 is 10.2 Å². The van der Waals surface area contributed by atoms with Crippen molar-refractivity contribution in [2.24, 2.45) is 0 Å². The number of aryl methyl sites for hydroxylation is 1. The Morgan fingerprint density at radius 1 is 1.43 bits per heavy atom. The number of carbonyl (C=O) groups is 2. The Labute approximate surface area is 131 Å². The number of anilines is 1. The maximum atomic E-state index is 12.4. The molecule has 21 heavy (non-hydrogen) atoms. The Bertz CT molecular complexity index is 620. The fraction of sp³-hybridized carbons (Fsp3) is 0.357. The maximum absolute atomic E-state index is 12.4. The van der Waals surface area contributed by atoms with Crippen molar-refractivity contribution < 1.29 is 9.59 Å². The first kappa shape index (κ1) is 15.7. The van der Waals surface area contributed by atoms with E-state index in [1.165, 1.54) is 22.7 Å². The topological polar surface area (TPSA) is 62.3 Å². The molecule has 2 heterocycles. The van der Waals surface area contributed by atoms with Crippen LogP contribution in [0.3, 0.4) is 0 Å². The van der Waals surface area contributed by atoms with Crippen LogP contribution in [0.5, 0.6) is 0 Å². The van der Waals surface area contributed by atoms with Gasteiger partial charge in [0.15, 0.2) is 5.13 Å². The molecule has 0 spiro atoms. The van der Waals surface area contributed by atoms with E-state index in [1.807, 2.05) is 32.2 Å². The van der Waals surface area contributed by atoms with Gasteiger partial charge >= 0.3 is 0 Å². The third kappa shape index (κ3) is 4.12. The van der Waals surface area contributed by atoms with Crippen LogP contribution in [0.1, 0.15) is 28.4 Å². The van der Waals surface area contributed by atoms with Gasteiger partial charge in [-0.1, -0.05) is 6.07 Å². The highest BCUT2D eigenvalue weighted by Crippen LogP contribution is 2.17. The van der Waals surface area contributed by atoms with Crippen LogP contribution < -0.4 is 5.32 Å². The van der Waals surface area contributed by atoms with Gasteiger partial charge in [-0.05, 0) is 32.2 Å². The largest absolute Gasteiger partial charge is 0.326 e. The zero-order valence-corrected chi connectivity index (χ0v) is 13.8. The number of hydrogen-bond donors (Lipinski definition) is 1. The summed E-state index contributed by atoms with van der Waals surface area (Å²) in [4.78, 5) is 31.8. The number of nitrogens with one attached hydrogen (secondary N) is 1. The molecule has 2 rings (SSSR count). The van der Waals surface area contributed by atoms with E-state index in [-0.39, 0.29) is 24.4 Å². The third-order valence-electron chi connectivity index (χ3n) is 2.80. The molecule has 0 unspecified atom stereocenters. The molecule has 112 valence electrons. The molecule has 2 aromatic heterocycles. The van der Waals surface area contributed by atoms with Crippen molar-refractivity contribution in [2.75, 3.05) is 11.9 Å². The first-order chi connectivity index (χ1) is 9.97. The Morgan fingerprint density at radius 2 is 2.19 bits per heavy atom. The molecule has 0 radical (unpaired) electrons. The van der Waals surface area contributed by atoms with Crippen molar-refractivity contribution in [1.82, 2.24) is 9.88 Å². The van der Waals surface area contributed by atoms with Crippen molar-refractivity contribution >= 4 is 39.6 Å². The molecular formula is C14H17N3O2S2. The fourth-order valence-electron chi connectivity index (χ4n) is 1.76. The number of rotatable bonds is 5. The van der Waals surface area contributed by atoms with E-state index in [0.29, 0.717) is 10.0 Å². The van der Waals surface area contributed by atoms with E-state index in [4.69, 9.17) is 0 Å². The highest BCUT2D eigenvalue weighted by atomic mass is 32.1. The summed E-state index contributed by atoms with van der Waals surface area (Å²) >= 11 is 2.79. The van der Waals surface area contributed by atoms with Gasteiger partial charge in [-0.15, -0.1) is 22.7 Å². The number of thiazole rings is 1. The van der Waals surface area contributed by atoms with Gasteiger partial charge in [0, 0.05) is 17.1 Å². The van der Waals surface area contributed by atoms with Crippen LogP contribution in [-0.2, 0) is 4.79 Å². The first-order valence-corrected chi connectivity index (χ1v) is 8.23. The molecule has 0 aliphatic carbocycles. The normalized spacial score (nSPS) is 10.7. The second-order valence-electron chi connectivity index (χ2n) is 4.83. The van der Waals surface area contributed by atoms with Crippen molar-refractivity contribution in [2.45, 2.75) is 26.8 Å². The van der Waals surface area contributed by atoms with Crippen molar-refractivity contribution in [3.05, 3.63) is 33.5 Å². The van der Waals surface area contributed by atoms with Crippen LogP contribution in [0.2, 0.25) is 0 Å². The standard InChI is InChI=1S/C14H17N3O2S2/c1-9(2)17(13(19)11-5-4-6-20-11)8-12(18)16-14-15-7-10(3)21-14/h4-7,9H,8H2,1-3H3,(H,15,16,18). The number of carbonyl (C=O) groups excluding carboxylic acids is 2. The molecule has 0 bridgehead atoms. The summed E-state index contributed by atoms with van der Waals surface area (Å²) in [6, 6.07) is 3.54. The van der Waals surface area contributed by atoms with E-state index in [9.17, 15) is 9.59 Å². The third-order valence-corrected chi connectivity index (χ3v) is 4.48. The van der Waals surface area contributed by atoms with Crippen molar-refractivity contribution in [1.29, 1.82) is 0 Å². The number of hydrogen-bond acceptors (Lipinski definition) is 5. The van der Waals surface area contributed by atoms with Gasteiger partial charge in [-0.3, -0.25) is 9.59 Å². The summed E-state index contributed by atoms with van der Waals surface area (Å²) < 4.78 is 0. The molecule has 0 aliphatic heterocycles. The van der Waals surface area contributed by atoms with Crippen LogP contribution >= 0.6 is 22.7 Å². The first-order valence-electron chi connectivity index (χ1n) is 6.54. The second-order valence-corrected chi connectivity index (χ2v) is 7.01. The molecule has 7 heteroatoms. The lowest BCUT2D eigenvalue weighted by molar-refractivity contribution is -0.117. The highest BCUT2D eigenvalue weighted by Gasteiger charge is 2.22. The minimum Gasteiger partial charge on any atom is -0.326 e. The average molecular weight is 323 g/mol. The van der Waals surface area contributed by atoms with Crippen LogP contribution in [0.4, 0.5) is 5.13 Å². The molecule has 2 aromatic rings. The summed E-state index contributed by atoms with van der Waals surface area (Å²) in [5.74, 6) is -0.353. The lowest BCUT2D eigenvalue weighted by atomic mass is 10.3. The smallest absolute Gasteiger partial charge is 0.264 e. The predicted molar refractivity (Wildman–Crippen MR) is 86.0 cm³/mol. The molecule has 5 nitrogen and oxygen atoms in total. The van der Waals surface area contributed by atoms with E-state index in [1.54, 1.807) is 17.2 Å². The van der Waals surface area contributed by atoms with E-state index in [2.05, 4.69) is 10.3 Å². The second kappa shape index (κ2) is 6.82. The summed E-state index contributed by atoms with van der Waals surface area (Å²) in [6.07, 6.45) is 1.71. The summed E-state index contributed by atoms with van der Waals surface area (Å²) in [6.45, 7) is 5.74. The molecule has 0 aliphatic rings. The Kier molecular flexibility index (Phi) is 5.08. The summed E-state index contributed by atoms with van der Waals surface area (Å²) in [7, 11) is 0. The highest BCUT2D eigenvalue weighted by molar-refractivity contribution is 7.15. The monoisotopic (exact) mass is 323 g/mol. The number of amides is 2. The summed E-state index contributed by atoms with van der Waals surface area (Å²) in [5.41, 5.74) is 0. The lowest BCUT2D eigenvalue weighted by Gasteiger charge is -2.25. The van der Waals surface area contributed by atoms with Crippen LogP contribution in [0, 0.1) is 6.92 Å². The lowest BCUT2D eigenvalue weighted by Crippen LogP contribution is -2.42. The molecule has 0 saturated carbocycles. The molecular weight excluding hydrogens is 306 g/mol. The average Bonchev–Trinajstić information content (AvgIpc) is 3.06. The SMILES string of the molecule is Cc1cnc(NC(=O)CN(C(=O)c2cccs2)C(C)C)s1. The molecule has 0 atom stereocenters. The Morgan fingerprint density at radius 3 is 2.71 bits per heavy atom. The Balaban J connectivity index is 2.02. The van der Waals surface area contributed by atoms with Gasteiger partial charge in [0.2, 0.25) is 5.91 Å². The van der Waals surface area contributed by atoms with Gasteiger partial charge in [-0.25, -0.2) is 4.98 Å². The van der Waals surface area contributed by atoms with Crippen molar-refractivity contribution in [3.63, 3.8) is 0 Å². The molecule has 2 amide bonds. The Hall–Kier alpha value is -1.73. The maximum Gasteiger partial charge on any atom is 0.264 e. The fourth-order valence-corrected chi connectivity index (χ4v) is 3.12. The van der Waals surface area contributed by atoms with Gasteiger partial charge in [0.05, 0.1) is 4.88 Å². The van der Waals surface area contributed by atoms with Gasteiger partial charge in [-0.2, -0.15) is 0 Å². The van der Waals surface area contributed by atoms with Gasteiger partial charge in [0.1, 0.15) is 6.54 Å². The van der Waals surface area contributed by atoms with Crippen molar-refractivity contribution in [3.8, 4) is 0 Å². The zero-order valence-electron chi connectivity index (χ0n) is 12.1. The van der Waals surface area contributed by atoms with Crippen LogP contribution in [-0.4, -0.2) is 34.3 Å². The minimum absolute atomic E-state index is 0.0209.